The highest BCUT2D eigenvalue weighted by molar-refractivity contribution is 9.10. The van der Waals surface area contributed by atoms with Crippen molar-refractivity contribution in [2.24, 2.45) is 0 Å². The predicted octanol–water partition coefficient (Wildman–Crippen LogP) is 3.00. The molecule has 1 heterocycles. The van der Waals surface area contributed by atoms with Gasteiger partial charge in [-0.2, -0.15) is 5.26 Å². The van der Waals surface area contributed by atoms with Gasteiger partial charge in [0.1, 0.15) is 6.10 Å². The van der Waals surface area contributed by atoms with Crippen molar-refractivity contribution in [1.82, 2.24) is 0 Å². The van der Waals surface area contributed by atoms with E-state index in [2.05, 4.69) is 15.9 Å². The lowest BCUT2D eigenvalue weighted by Gasteiger charge is -2.13. The van der Waals surface area contributed by atoms with Crippen LogP contribution in [-0.2, 0) is 4.74 Å². The number of carbonyl (C=O) groups is 1. The Labute approximate surface area is 108 Å². The van der Waals surface area contributed by atoms with E-state index in [0.29, 0.717) is 6.54 Å². The largest absolute Gasteiger partial charge is 0.443 e. The minimum absolute atomic E-state index is 0.231. The summed E-state index contributed by atoms with van der Waals surface area (Å²) in [6.07, 6.45) is -0.483. The van der Waals surface area contributed by atoms with Crippen molar-refractivity contribution >= 4 is 27.7 Å². The molecular weight excluding hydrogens is 284 g/mol. The number of nitrogens with zero attached hydrogens (tertiary/aromatic N) is 2. The molecule has 1 saturated heterocycles. The third-order valence-electron chi connectivity index (χ3n) is 2.66. The van der Waals surface area contributed by atoms with Gasteiger partial charge in [-0.25, -0.2) is 4.79 Å². The van der Waals surface area contributed by atoms with Gasteiger partial charge < -0.3 is 4.74 Å². The second kappa shape index (κ2) is 4.76. The Bertz CT molecular complexity index is 496. The minimum atomic E-state index is -0.388. The molecule has 1 unspecified atom stereocenters. The average molecular weight is 295 g/mol. The number of amides is 1. The molecule has 4 nitrogen and oxygen atoms in total. The molecule has 5 heteroatoms. The minimum Gasteiger partial charge on any atom is -0.443 e. The number of aryl methyl sites for hydroxylation is 1. The van der Waals surface area contributed by atoms with Crippen LogP contribution in [-0.4, -0.2) is 18.7 Å². The average Bonchev–Trinajstić information content (AvgIpc) is 2.64. The van der Waals surface area contributed by atoms with E-state index in [1.165, 1.54) is 0 Å². The number of carbonyl (C=O) groups excluding carboxylic acids is 1. The van der Waals surface area contributed by atoms with Crippen molar-refractivity contribution in [3.05, 3.63) is 28.2 Å². The fraction of sp³-hybridized carbons (Fsp3) is 0.333. The van der Waals surface area contributed by atoms with Crippen molar-refractivity contribution < 1.29 is 9.53 Å². The van der Waals surface area contributed by atoms with E-state index in [4.69, 9.17) is 10.00 Å². The summed E-state index contributed by atoms with van der Waals surface area (Å²) in [5, 5.41) is 8.58. The van der Waals surface area contributed by atoms with E-state index in [9.17, 15) is 4.79 Å². The number of benzene rings is 1. The second-order valence-electron chi connectivity index (χ2n) is 3.91. The lowest BCUT2D eigenvalue weighted by molar-refractivity contribution is 0.143. The Morgan fingerprint density at radius 1 is 1.65 bits per heavy atom. The molecule has 0 aliphatic carbocycles. The highest BCUT2D eigenvalue weighted by Crippen LogP contribution is 2.27. The molecule has 88 valence electrons. The number of hydrogen-bond acceptors (Lipinski definition) is 3. The third-order valence-corrected chi connectivity index (χ3v) is 3.51. The number of ether oxygens (including phenoxy) is 1. The van der Waals surface area contributed by atoms with Gasteiger partial charge >= 0.3 is 6.09 Å². The maximum atomic E-state index is 11.6. The summed E-state index contributed by atoms with van der Waals surface area (Å²) in [5.74, 6) is 0. The van der Waals surface area contributed by atoms with Crippen LogP contribution in [0.3, 0.4) is 0 Å². The number of rotatable bonds is 2. The van der Waals surface area contributed by atoms with Crippen LogP contribution < -0.4 is 4.90 Å². The fourth-order valence-corrected chi connectivity index (χ4v) is 2.06. The number of hydrogen-bond donors (Lipinski definition) is 0. The number of halogens is 1. The molecule has 0 bridgehead atoms. The first-order valence-electron chi connectivity index (χ1n) is 5.23. The van der Waals surface area contributed by atoms with E-state index in [1.54, 1.807) is 4.90 Å². The van der Waals surface area contributed by atoms with Gasteiger partial charge in [0.15, 0.2) is 0 Å². The van der Waals surface area contributed by atoms with Crippen LogP contribution in [0.5, 0.6) is 0 Å². The Hall–Kier alpha value is -1.54. The molecule has 0 N–H and O–H groups in total. The van der Waals surface area contributed by atoms with E-state index in [1.807, 2.05) is 31.2 Å². The first-order chi connectivity index (χ1) is 8.11. The van der Waals surface area contributed by atoms with Crippen LogP contribution in [0.4, 0.5) is 10.5 Å². The molecule has 1 amide bonds. The van der Waals surface area contributed by atoms with Gasteiger partial charge in [0.05, 0.1) is 19.0 Å². The van der Waals surface area contributed by atoms with Crippen LogP contribution in [0.15, 0.2) is 22.7 Å². The summed E-state index contributed by atoms with van der Waals surface area (Å²) < 4.78 is 6.04. The number of cyclic esters (lactones) is 1. The van der Waals surface area contributed by atoms with Gasteiger partial charge in [-0.1, -0.05) is 22.0 Å². The zero-order valence-corrected chi connectivity index (χ0v) is 10.9. The Morgan fingerprint density at radius 3 is 3.06 bits per heavy atom. The second-order valence-corrected chi connectivity index (χ2v) is 4.77. The molecule has 1 fully saturated rings. The Morgan fingerprint density at radius 2 is 2.41 bits per heavy atom. The van der Waals surface area contributed by atoms with E-state index < -0.39 is 0 Å². The maximum absolute atomic E-state index is 11.6. The highest BCUT2D eigenvalue weighted by Gasteiger charge is 2.32. The molecule has 1 atom stereocenters. The third kappa shape index (κ3) is 2.42. The summed E-state index contributed by atoms with van der Waals surface area (Å²) in [4.78, 5) is 13.2. The molecule has 0 radical (unpaired) electrons. The highest BCUT2D eigenvalue weighted by atomic mass is 79.9. The predicted molar refractivity (Wildman–Crippen MR) is 66.7 cm³/mol. The van der Waals surface area contributed by atoms with Crippen LogP contribution in [0.1, 0.15) is 12.0 Å². The summed E-state index contributed by atoms with van der Waals surface area (Å²) in [6.45, 7) is 2.41. The van der Waals surface area contributed by atoms with Gasteiger partial charge in [0.25, 0.3) is 0 Å². The molecule has 1 aromatic rings. The van der Waals surface area contributed by atoms with Crippen molar-refractivity contribution in [1.29, 1.82) is 5.26 Å². The van der Waals surface area contributed by atoms with Crippen LogP contribution in [0, 0.1) is 18.3 Å². The molecule has 1 aliphatic heterocycles. The van der Waals surface area contributed by atoms with Crippen LogP contribution in [0.25, 0.3) is 0 Å². The van der Waals surface area contributed by atoms with Gasteiger partial charge in [0.2, 0.25) is 0 Å². The van der Waals surface area contributed by atoms with E-state index >= 15 is 0 Å². The molecule has 0 saturated carbocycles. The first-order valence-corrected chi connectivity index (χ1v) is 6.02. The summed E-state index contributed by atoms with van der Waals surface area (Å²) in [7, 11) is 0. The number of nitriles is 1. The SMILES string of the molecule is Cc1ccc(N2CC(CC#N)OC2=O)cc1Br. The molecule has 0 spiro atoms. The van der Waals surface area contributed by atoms with Crippen LogP contribution in [0.2, 0.25) is 0 Å². The van der Waals surface area contributed by atoms with Crippen LogP contribution >= 0.6 is 15.9 Å². The lowest BCUT2D eigenvalue weighted by atomic mass is 10.2. The fourth-order valence-electron chi connectivity index (χ4n) is 1.69. The molecule has 1 aromatic carbocycles. The van der Waals surface area contributed by atoms with Crippen molar-refractivity contribution in [2.45, 2.75) is 19.4 Å². The van der Waals surface area contributed by atoms with Crippen molar-refractivity contribution in [3.8, 4) is 6.07 Å². The zero-order chi connectivity index (χ0) is 12.4. The molecule has 1 aliphatic rings. The van der Waals surface area contributed by atoms with Gasteiger partial charge in [-0.05, 0) is 24.6 Å². The standard InChI is InChI=1S/C12H11BrN2O2/c1-8-2-3-9(6-11(8)13)15-7-10(4-5-14)17-12(15)16/h2-3,6,10H,4,7H2,1H3. The normalized spacial score (nSPS) is 19.0. The van der Waals surface area contributed by atoms with Crippen molar-refractivity contribution in [2.75, 3.05) is 11.4 Å². The lowest BCUT2D eigenvalue weighted by Crippen LogP contribution is -2.24. The smallest absolute Gasteiger partial charge is 0.414 e. The quantitative estimate of drug-likeness (QED) is 0.842. The van der Waals surface area contributed by atoms with Gasteiger partial charge in [-0.15, -0.1) is 0 Å². The monoisotopic (exact) mass is 294 g/mol. The summed E-state index contributed by atoms with van der Waals surface area (Å²) in [5.41, 5.74) is 1.89. The number of anilines is 1. The molecule has 0 aromatic heterocycles. The van der Waals surface area contributed by atoms with E-state index in [-0.39, 0.29) is 18.6 Å². The van der Waals surface area contributed by atoms with Crippen molar-refractivity contribution in [3.63, 3.8) is 0 Å². The van der Waals surface area contributed by atoms with E-state index in [0.717, 1.165) is 15.7 Å². The van der Waals surface area contributed by atoms with Gasteiger partial charge in [-0.3, -0.25) is 4.90 Å². The summed E-state index contributed by atoms with van der Waals surface area (Å²) in [6, 6.07) is 7.70. The van der Waals surface area contributed by atoms with Gasteiger partial charge in [0, 0.05) is 10.2 Å². The zero-order valence-electron chi connectivity index (χ0n) is 9.31. The Kier molecular flexibility index (Phi) is 3.34. The first kappa shape index (κ1) is 11.9. The molecule has 17 heavy (non-hydrogen) atoms. The molecular formula is C12H11BrN2O2. The maximum Gasteiger partial charge on any atom is 0.414 e. The Balaban J connectivity index is 2.20. The molecule has 2 rings (SSSR count). The topological polar surface area (TPSA) is 53.3 Å². The summed E-state index contributed by atoms with van der Waals surface area (Å²) >= 11 is 3.43.